The van der Waals surface area contributed by atoms with Gasteiger partial charge in [0.05, 0.1) is 0 Å². The van der Waals surface area contributed by atoms with E-state index in [0.717, 1.165) is 24.0 Å². The van der Waals surface area contributed by atoms with Crippen LogP contribution in [0.2, 0.25) is 0 Å². The van der Waals surface area contributed by atoms with Gasteiger partial charge in [0.15, 0.2) is 0 Å². The van der Waals surface area contributed by atoms with E-state index in [1.807, 2.05) is 7.05 Å². The van der Waals surface area contributed by atoms with Crippen LogP contribution in [-0.4, -0.2) is 7.05 Å². The molecule has 0 radical (unpaired) electrons. The van der Waals surface area contributed by atoms with Crippen LogP contribution >= 0.6 is 0 Å². The molecule has 0 aliphatic heterocycles. The number of rotatable bonds is 1. The van der Waals surface area contributed by atoms with Crippen LogP contribution in [0.1, 0.15) is 32.1 Å². The summed E-state index contributed by atoms with van der Waals surface area (Å²) in [5.41, 5.74) is 8.35. The number of hydrogen-bond acceptors (Lipinski definition) is 2. The average Bonchev–Trinajstić information content (AvgIpc) is 2.78. The maximum absolute atomic E-state index is 5.96. The zero-order valence-electron chi connectivity index (χ0n) is 7.77. The number of hydrogen-bond donors (Lipinski definition) is 2. The Hall–Kier alpha value is -0.660. The van der Waals surface area contributed by atoms with Crippen molar-refractivity contribution in [1.82, 2.24) is 5.32 Å². The fraction of sp³-hybridized carbons (Fsp3) is 0.800. The molecule has 2 nitrogen and oxygen atoms in total. The summed E-state index contributed by atoms with van der Waals surface area (Å²) in [6, 6.07) is 0. The molecule has 0 heterocycles. The molecular weight excluding hydrogens is 148 g/mol. The standard InChI is InChI=1S/C10H18N2/c1-12-10-5-3-8-6-7(8)2-4-9(10)11/h7-8,12H,2-6,11H2,1H3/b10-9-/t7-,8+/m0/s1. The highest BCUT2D eigenvalue weighted by molar-refractivity contribution is 5.12. The van der Waals surface area contributed by atoms with Crippen LogP contribution < -0.4 is 11.1 Å². The van der Waals surface area contributed by atoms with Gasteiger partial charge in [0.1, 0.15) is 0 Å². The SMILES string of the molecule is CN/C1=C(\N)CC[C@H]2C[C@H]2CC1. The predicted octanol–water partition coefficient (Wildman–Crippen LogP) is 1.59. The molecule has 2 aliphatic rings. The summed E-state index contributed by atoms with van der Waals surface area (Å²) in [5.74, 6) is 2.04. The van der Waals surface area contributed by atoms with Crippen LogP contribution in [0.4, 0.5) is 0 Å². The summed E-state index contributed by atoms with van der Waals surface area (Å²) in [5, 5.41) is 3.22. The van der Waals surface area contributed by atoms with Crippen molar-refractivity contribution in [2.24, 2.45) is 17.6 Å². The van der Waals surface area contributed by atoms with E-state index < -0.39 is 0 Å². The second kappa shape index (κ2) is 3.00. The smallest absolute Gasteiger partial charge is 0.0295 e. The van der Waals surface area contributed by atoms with Gasteiger partial charge in [-0.1, -0.05) is 0 Å². The van der Waals surface area contributed by atoms with E-state index >= 15 is 0 Å². The van der Waals surface area contributed by atoms with E-state index in [2.05, 4.69) is 5.32 Å². The molecule has 0 spiro atoms. The van der Waals surface area contributed by atoms with Gasteiger partial charge in [-0.2, -0.15) is 0 Å². The van der Waals surface area contributed by atoms with Crippen molar-refractivity contribution in [3.63, 3.8) is 0 Å². The fourth-order valence-corrected chi connectivity index (χ4v) is 2.29. The molecular formula is C10H18N2. The lowest BCUT2D eigenvalue weighted by Crippen LogP contribution is -2.16. The molecule has 2 heteroatoms. The van der Waals surface area contributed by atoms with Gasteiger partial charge in [-0.05, 0) is 43.9 Å². The Kier molecular flexibility index (Phi) is 1.99. The fourth-order valence-electron chi connectivity index (χ4n) is 2.29. The average molecular weight is 166 g/mol. The Morgan fingerprint density at radius 3 is 2.58 bits per heavy atom. The maximum Gasteiger partial charge on any atom is 0.0295 e. The number of allylic oxidation sites excluding steroid dienone is 2. The van der Waals surface area contributed by atoms with Crippen molar-refractivity contribution in [3.05, 3.63) is 11.4 Å². The highest BCUT2D eigenvalue weighted by Crippen LogP contribution is 2.47. The quantitative estimate of drug-likeness (QED) is 0.620. The van der Waals surface area contributed by atoms with Crippen molar-refractivity contribution in [1.29, 1.82) is 0 Å². The van der Waals surface area contributed by atoms with Gasteiger partial charge in [0.25, 0.3) is 0 Å². The first kappa shape index (κ1) is 7.96. The summed E-state index contributed by atoms with van der Waals surface area (Å²) in [6.45, 7) is 0. The van der Waals surface area contributed by atoms with Gasteiger partial charge in [-0.25, -0.2) is 0 Å². The third-order valence-electron chi connectivity index (χ3n) is 3.31. The molecule has 3 N–H and O–H groups in total. The van der Waals surface area contributed by atoms with E-state index in [9.17, 15) is 0 Å². The highest BCUT2D eigenvalue weighted by atomic mass is 14.9. The van der Waals surface area contributed by atoms with Crippen LogP contribution in [0.15, 0.2) is 11.4 Å². The second-order valence-electron chi connectivity index (χ2n) is 4.09. The van der Waals surface area contributed by atoms with Gasteiger partial charge >= 0.3 is 0 Å². The van der Waals surface area contributed by atoms with E-state index in [0.29, 0.717) is 0 Å². The minimum absolute atomic E-state index is 1.02. The minimum Gasteiger partial charge on any atom is -0.401 e. The first-order chi connectivity index (χ1) is 5.81. The molecule has 0 aromatic rings. The summed E-state index contributed by atoms with van der Waals surface area (Å²) >= 11 is 0. The minimum atomic E-state index is 1.02. The maximum atomic E-state index is 5.96. The lowest BCUT2D eigenvalue weighted by Gasteiger charge is -2.14. The largest absolute Gasteiger partial charge is 0.401 e. The summed E-state index contributed by atoms with van der Waals surface area (Å²) in [7, 11) is 1.98. The van der Waals surface area contributed by atoms with Gasteiger partial charge in [-0.3, -0.25) is 0 Å². The molecule has 1 fully saturated rings. The lowest BCUT2D eigenvalue weighted by molar-refractivity contribution is 0.566. The van der Waals surface area contributed by atoms with Gasteiger partial charge < -0.3 is 11.1 Å². The number of nitrogens with two attached hydrogens (primary N) is 1. The zero-order valence-corrected chi connectivity index (χ0v) is 7.77. The molecule has 12 heavy (non-hydrogen) atoms. The molecule has 0 unspecified atom stereocenters. The van der Waals surface area contributed by atoms with Crippen molar-refractivity contribution in [2.75, 3.05) is 7.05 Å². The topological polar surface area (TPSA) is 38.0 Å². The third-order valence-corrected chi connectivity index (χ3v) is 3.31. The lowest BCUT2D eigenvalue weighted by atomic mass is 10.0. The Bertz CT molecular complexity index is 208. The van der Waals surface area contributed by atoms with Gasteiger partial charge in [-0.15, -0.1) is 0 Å². The Morgan fingerprint density at radius 2 is 1.92 bits per heavy atom. The Labute approximate surface area is 74.2 Å². The normalized spacial score (nSPS) is 41.1. The summed E-state index contributed by atoms with van der Waals surface area (Å²) < 4.78 is 0. The van der Waals surface area contributed by atoms with E-state index in [4.69, 9.17) is 5.73 Å². The van der Waals surface area contributed by atoms with E-state index in [1.54, 1.807) is 0 Å². The Morgan fingerprint density at radius 1 is 1.25 bits per heavy atom. The molecule has 0 bridgehead atoms. The monoisotopic (exact) mass is 166 g/mol. The molecule has 2 aliphatic carbocycles. The van der Waals surface area contributed by atoms with Crippen molar-refractivity contribution >= 4 is 0 Å². The van der Waals surface area contributed by atoms with Gasteiger partial charge in [0, 0.05) is 18.4 Å². The van der Waals surface area contributed by atoms with Gasteiger partial charge in [0.2, 0.25) is 0 Å². The summed E-state index contributed by atoms with van der Waals surface area (Å²) in [6.07, 6.45) is 6.41. The number of fused-ring (bicyclic) bond motifs is 1. The molecule has 2 rings (SSSR count). The van der Waals surface area contributed by atoms with Crippen molar-refractivity contribution in [3.8, 4) is 0 Å². The number of nitrogens with one attached hydrogen (secondary N) is 1. The molecule has 1 saturated carbocycles. The van der Waals surface area contributed by atoms with E-state index in [1.165, 1.54) is 31.4 Å². The van der Waals surface area contributed by atoms with Crippen LogP contribution in [0.5, 0.6) is 0 Å². The molecule has 0 aromatic carbocycles. The third kappa shape index (κ3) is 1.43. The second-order valence-corrected chi connectivity index (χ2v) is 4.09. The molecule has 68 valence electrons. The molecule has 0 amide bonds. The molecule has 0 saturated heterocycles. The van der Waals surface area contributed by atoms with Crippen molar-refractivity contribution in [2.45, 2.75) is 32.1 Å². The summed E-state index contributed by atoms with van der Waals surface area (Å²) in [4.78, 5) is 0. The van der Waals surface area contributed by atoms with Crippen LogP contribution in [0, 0.1) is 11.8 Å². The predicted molar refractivity (Wildman–Crippen MR) is 50.3 cm³/mol. The van der Waals surface area contributed by atoms with E-state index in [-0.39, 0.29) is 0 Å². The van der Waals surface area contributed by atoms with Crippen LogP contribution in [0.3, 0.4) is 0 Å². The molecule has 2 atom stereocenters. The van der Waals surface area contributed by atoms with Crippen molar-refractivity contribution < 1.29 is 0 Å². The first-order valence-corrected chi connectivity index (χ1v) is 4.96. The first-order valence-electron chi connectivity index (χ1n) is 4.96. The van der Waals surface area contributed by atoms with Crippen LogP contribution in [0.25, 0.3) is 0 Å². The Balaban J connectivity index is 2.03. The molecule has 0 aromatic heterocycles. The highest BCUT2D eigenvalue weighted by Gasteiger charge is 2.37. The van der Waals surface area contributed by atoms with Crippen LogP contribution in [-0.2, 0) is 0 Å². The zero-order chi connectivity index (χ0) is 8.55.